The molecule has 134 valence electrons. The van der Waals surface area contributed by atoms with Gasteiger partial charge in [-0.3, -0.25) is 4.79 Å². The highest BCUT2D eigenvalue weighted by molar-refractivity contribution is 5.76. The van der Waals surface area contributed by atoms with Crippen molar-refractivity contribution in [3.05, 3.63) is 46.8 Å². The predicted octanol–water partition coefficient (Wildman–Crippen LogP) is 3.33. The molecule has 1 amide bonds. The summed E-state index contributed by atoms with van der Waals surface area (Å²) in [6.07, 6.45) is 2.61. The Morgan fingerprint density at radius 2 is 2.08 bits per heavy atom. The molecule has 0 bridgehead atoms. The number of para-hydroxylation sites is 1. The lowest BCUT2D eigenvalue weighted by molar-refractivity contribution is -0.132. The van der Waals surface area contributed by atoms with Crippen molar-refractivity contribution in [2.24, 2.45) is 0 Å². The molecule has 0 radical (unpaired) electrons. The van der Waals surface area contributed by atoms with Crippen molar-refractivity contribution >= 4 is 5.91 Å². The van der Waals surface area contributed by atoms with Gasteiger partial charge < -0.3 is 9.64 Å². The van der Waals surface area contributed by atoms with Gasteiger partial charge in [0.1, 0.15) is 0 Å². The van der Waals surface area contributed by atoms with Gasteiger partial charge in [0.05, 0.1) is 23.9 Å². The number of benzene rings is 1. The van der Waals surface area contributed by atoms with Crippen molar-refractivity contribution in [2.45, 2.75) is 52.7 Å². The fourth-order valence-electron chi connectivity index (χ4n) is 3.42. The lowest BCUT2D eigenvalue weighted by Gasteiger charge is -2.19. The minimum atomic E-state index is 0.0897. The SMILES string of the molecule is Cc1ccccc1-n1nc(C)c(CN(C)C(=O)C[C@H]2CCCO2)c1C. The summed E-state index contributed by atoms with van der Waals surface area (Å²) in [5.41, 5.74) is 5.44. The monoisotopic (exact) mass is 341 g/mol. The van der Waals surface area contributed by atoms with Crippen LogP contribution in [0.15, 0.2) is 24.3 Å². The van der Waals surface area contributed by atoms with Crippen LogP contribution in [-0.4, -0.2) is 40.3 Å². The van der Waals surface area contributed by atoms with E-state index in [1.54, 1.807) is 4.90 Å². The van der Waals surface area contributed by atoms with Crippen LogP contribution in [0.1, 0.15) is 41.8 Å². The van der Waals surface area contributed by atoms with E-state index in [0.717, 1.165) is 42.1 Å². The first-order valence-electron chi connectivity index (χ1n) is 8.94. The summed E-state index contributed by atoms with van der Waals surface area (Å²) in [5, 5.41) is 4.71. The highest BCUT2D eigenvalue weighted by Crippen LogP contribution is 2.22. The van der Waals surface area contributed by atoms with E-state index < -0.39 is 0 Å². The molecule has 2 aromatic rings. The Bertz CT molecular complexity index is 760. The minimum absolute atomic E-state index is 0.0897. The normalized spacial score (nSPS) is 17.0. The van der Waals surface area contributed by atoms with E-state index in [-0.39, 0.29) is 12.0 Å². The first-order chi connectivity index (χ1) is 12.0. The molecular formula is C20H27N3O2. The van der Waals surface area contributed by atoms with Crippen LogP contribution in [0.5, 0.6) is 0 Å². The minimum Gasteiger partial charge on any atom is -0.378 e. The molecule has 0 saturated carbocycles. The number of aromatic nitrogens is 2. The number of amides is 1. The van der Waals surface area contributed by atoms with Gasteiger partial charge in [0.15, 0.2) is 0 Å². The van der Waals surface area contributed by atoms with Crippen LogP contribution < -0.4 is 0 Å². The number of hydrogen-bond donors (Lipinski definition) is 0. The molecule has 1 aromatic carbocycles. The molecule has 1 fully saturated rings. The van der Waals surface area contributed by atoms with Crippen LogP contribution in [0.25, 0.3) is 5.69 Å². The van der Waals surface area contributed by atoms with Crippen molar-refractivity contribution in [3.63, 3.8) is 0 Å². The van der Waals surface area contributed by atoms with Crippen LogP contribution in [0, 0.1) is 20.8 Å². The maximum absolute atomic E-state index is 12.5. The average Bonchev–Trinajstić information content (AvgIpc) is 3.18. The Kier molecular flexibility index (Phi) is 5.23. The van der Waals surface area contributed by atoms with Gasteiger partial charge in [-0.2, -0.15) is 5.10 Å². The van der Waals surface area contributed by atoms with E-state index in [1.165, 1.54) is 5.56 Å². The van der Waals surface area contributed by atoms with Gasteiger partial charge in [-0.1, -0.05) is 18.2 Å². The van der Waals surface area contributed by atoms with Crippen molar-refractivity contribution in [2.75, 3.05) is 13.7 Å². The fourth-order valence-corrected chi connectivity index (χ4v) is 3.42. The van der Waals surface area contributed by atoms with E-state index in [9.17, 15) is 4.79 Å². The highest BCUT2D eigenvalue weighted by atomic mass is 16.5. The standard InChI is InChI=1S/C20H27N3O2/c1-14-8-5-6-10-19(14)23-16(3)18(15(2)21-23)13-22(4)20(24)12-17-9-7-11-25-17/h5-6,8,10,17H,7,9,11-13H2,1-4H3/t17-/m1/s1. The molecule has 0 spiro atoms. The number of carbonyl (C=O) groups excluding carboxylic acids is 1. The summed E-state index contributed by atoms with van der Waals surface area (Å²) in [7, 11) is 1.86. The Balaban J connectivity index is 1.76. The van der Waals surface area contributed by atoms with Crippen molar-refractivity contribution in [3.8, 4) is 5.69 Å². The van der Waals surface area contributed by atoms with E-state index in [1.807, 2.05) is 30.8 Å². The predicted molar refractivity (Wildman–Crippen MR) is 97.8 cm³/mol. The summed E-state index contributed by atoms with van der Waals surface area (Å²) in [4.78, 5) is 14.3. The van der Waals surface area contributed by atoms with Gasteiger partial charge in [0.25, 0.3) is 0 Å². The van der Waals surface area contributed by atoms with Crippen molar-refractivity contribution in [1.29, 1.82) is 0 Å². The Morgan fingerprint density at radius 1 is 1.32 bits per heavy atom. The first-order valence-corrected chi connectivity index (χ1v) is 8.94. The molecule has 2 heterocycles. The quantitative estimate of drug-likeness (QED) is 0.838. The zero-order valence-electron chi connectivity index (χ0n) is 15.6. The fraction of sp³-hybridized carbons (Fsp3) is 0.500. The van der Waals surface area contributed by atoms with Crippen molar-refractivity contribution in [1.82, 2.24) is 14.7 Å². The van der Waals surface area contributed by atoms with Gasteiger partial charge in [-0.05, 0) is 45.2 Å². The number of carbonyl (C=O) groups is 1. The zero-order chi connectivity index (χ0) is 18.0. The average molecular weight is 341 g/mol. The molecule has 0 aliphatic carbocycles. The molecule has 1 saturated heterocycles. The molecule has 1 aliphatic heterocycles. The molecule has 0 unspecified atom stereocenters. The molecule has 5 heteroatoms. The first kappa shape index (κ1) is 17.7. The second-order valence-electron chi connectivity index (χ2n) is 6.94. The molecule has 3 rings (SSSR count). The van der Waals surface area contributed by atoms with Crippen LogP contribution in [0.4, 0.5) is 0 Å². The molecule has 0 N–H and O–H groups in total. The third-order valence-electron chi connectivity index (χ3n) is 5.03. The van der Waals surface area contributed by atoms with Gasteiger partial charge in [-0.15, -0.1) is 0 Å². The van der Waals surface area contributed by atoms with Gasteiger partial charge in [-0.25, -0.2) is 4.68 Å². The van der Waals surface area contributed by atoms with E-state index in [0.29, 0.717) is 13.0 Å². The van der Waals surface area contributed by atoms with Gasteiger partial charge in [0, 0.05) is 31.5 Å². The molecule has 5 nitrogen and oxygen atoms in total. The molecule has 1 aliphatic rings. The highest BCUT2D eigenvalue weighted by Gasteiger charge is 2.23. The molecular weight excluding hydrogens is 314 g/mol. The Labute approximate surface area is 149 Å². The molecule has 1 aromatic heterocycles. The summed E-state index contributed by atoms with van der Waals surface area (Å²) in [6.45, 7) is 7.52. The number of nitrogens with zero attached hydrogens (tertiary/aromatic N) is 3. The summed E-state index contributed by atoms with van der Waals surface area (Å²) < 4.78 is 7.57. The van der Waals surface area contributed by atoms with Crippen LogP contribution >= 0.6 is 0 Å². The lowest BCUT2D eigenvalue weighted by Crippen LogP contribution is -2.29. The zero-order valence-corrected chi connectivity index (χ0v) is 15.6. The number of rotatable bonds is 5. The van der Waals surface area contributed by atoms with E-state index >= 15 is 0 Å². The topological polar surface area (TPSA) is 47.4 Å². The maximum atomic E-state index is 12.5. The lowest BCUT2D eigenvalue weighted by atomic mass is 10.1. The largest absolute Gasteiger partial charge is 0.378 e. The van der Waals surface area contributed by atoms with Crippen LogP contribution in [-0.2, 0) is 16.1 Å². The Morgan fingerprint density at radius 3 is 2.76 bits per heavy atom. The van der Waals surface area contributed by atoms with E-state index in [4.69, 9.17) is 9.84 Å². The number of aryl methyl sites for hydroxylation is 2. The van der Waals surface area contributed by atoms with Crippen LogP contribution in [0.2, 0.25) is 0 Å². The second kappa shape index (κ2) is 7.40. The molecule has 25 heavy (non-hydrogen) atoms. The number of hydrogen-bond acceptors (Lipinski definition) is 3. The number of ether oxygens (including phenoxy) is 1. The smallest absolute Gasteiger partial charge is 0.225 e. The summed E-state index contributed by atoms with van der Waals surface area (Å²) in [6, 6.07) is 8.21. The van der Waals surface area contributed by atoms with Gasteiger partial charge >= 0.3 is 0 Å². The molecule has 1 atom stereocenters. The third-order valence-corrected chi connectivity index (χ3v) is 5.03. The van der Waals surface area contributed by atoms with E-state index in [2.05, 4.69) is 26.0 Å². The third kappa shape index (κ3) is 3.76. The van der Waals surface area contributed by atoms with Gasteiger partial charge in [0.2, 0.25) is 5.91 Å². The second-order valence-corrected chi connectivity index (χ2v) is 6.94. The summed E-state index contributed by atoms with van der Waals surface area (Å²) in [5.74, 6) is 0.134. The van der Waals surface area contributed by atoms with Crippen molar-refractivity contribution < 1.29 is 9.53 Å². The Hall–Kier alpha value is -2.14. The summed E-state index contributed by atoms with van der Waals surface area (Å²) >= 11 is 0. The maximum Gasteiger partial charge on any atom is 0.225 e. The van der Waals surface area contributed by atoms with Crippen LogP contribution in [0.3, 0.4) is 0 Å².